The largest absolute Gasteiger partial charge is 0.338 e. The summed E-state index contributed by atoms with van der Waals surface area (Å²) in [6.45, 7) is 3.80. The maximum absolute atomic E-state index is 4.65. The molecule has 0 unspecified atom stereocenters. The number of hydrogen-bond acceptors (Lipinski definition) is 5. The van der Waals surface area contributed by atoms with Crippen LogP contribution in [0.15, 0.2) is 90.6 Å². The number of nitrogens with zero attached hydrogens (tertiary/aromatic N) is 4. The Morgan fingerprint density at radius 2 is 1.30 bits per heavy atom. The predicted octanol–water partition coefficient (Wildman–Crippen LogP) is 5.12. The van der Waals surface area contributed by atoms with Gasteiger partial charge in [-0.3, -0.25) is 4.90 Å². The third-order valence-electron chi connectivity index (χ3n) is 5.64. The van der Waals surface area contributed by atoms with Crippen LogP contribution >= 0.6 is 11.3 Å². The van der Waals surface area contributed by atoms with Crippen LogP contribution in [0, 0.1) is 0 Å². The van der Waals surface area contributed by atoms with Crippen LogP contribution in [-0.4, -0.2) is 41.0 Å². The van der Waals surface area contributed by atoms with Gasteiger partial charge in [-0.1, -0.05) is 66.7 Å². The first-order valence-corrected chi connectivity index (χ1v) is 11.2. The van der Waals surface area contributed by atoms with Crippen molar-refractivity contribution in [1.82, 2.24) is 14.9 Å². The predicted molar refractivity (Wildman–Crippen MR) is 124 cm³/mol. The summed E-state index contributed by atoms with van der Waals surface area (Å²) in [6.07, 6.45) is 3.88. The van der Waals surface area contributed by atoms with Crippen LogP contribution in [0.2, 0.25) is 0 Å². The molecule has 0 aliphatic carbocycles. The lowest BCUT2D eigenvalue weighted by Gasteiger charge is -2.39. The van der Waals surface area contributed by atoms with Crippen LogP contribution in [0.4, 0.5) is 5.95 Å². The molecule has 0 amide bonds. The SMILES string of the molecule is c1ccc(C(c2ccccc2)N2CCN(c3ncc(-c4cccs4)cn3)CC2)cc1. The van der Waals surface area contributed by atoms with Gasteiger partial charge in [0.2, 0.25) is 5.95 Å². The van der Waals surface area contributed by atoms with E-state index in [1.165, 1.54) is 16.0 Å². The van der Waals surface area contributed by atoms with Crippen LogP contribution in [0.1, 0.15) is 17.2 Å². The molecule has 2 aromatic heterocycles. The lowest BCUT2D eigenvalue weighted by Crippen LogP contribution is -2.48. The van der Waals surface area contributed by atoms with E-state index in [1.54, 1.807) is 11.3 Å². The van der Waals surface area contributed by atoms with Crippen molar-refractivity contribution < 1.29 is 0 Å². The topological polar surface area (TPSA) is 32.3 Å². The van der Waals surface area contributed by atoms with E-state index in [1.807, 2.05) is 12.4 Å². The van der Waals surface area contributed by atoms with Gasteiger partial charge >= 0.3 is 0 Å². The minimum atomic E-state index is 0.275. The molecule has 4 nitrogen and oxygen atoms in total. The summed E-state index contributed by atoms with van der Waals surface area (Å²) in [5.41, 5.74) is 3.77. The number of benzene rings is 2. The summed E-state index contributed by atoms with van der Waals surface area (Å²) in [5, 5.41) is 2.08. The second-order valence-corrected chi connectivity index (χ2v) is 8.44. The van der Waals surface area contributed by atoms with Crippen LogP contribution in [-0.2, 0) is 0 Å². The maximum atomic E-state index is 4.65. The summed E-state index contributed by atoms with van der Waals surface area (Å²) < 4.78 is 0. The summed E-state index contributed by atoms with van der Waals surface area (Å²) in [6, 6.07) is 26.1. The van der Waals surface area contributed by atoms with Crippen molar-refractivity contribution in [1.29, 1.82) is 0 Å². The minimum absolute atomic E-state index is 0.275. The third-order valence-corrected chi connectivity index (χ3v) is 6.56. The van der Waals surface area contributed by atoms with Crippen molar-refractivity contribution in [2.45, 2.75) is 6.04 Å². The molecule has 0 saturated carbocycles. The molecule has 4 aromatic rings. The fourth-order valence-electron chi connectivity index (χ4n) is 4.12. The van der Waals surface area contributed by atoms with Crippen molar-refractivity contribution in [2.24, 2.45) is 0 Å². The van der Waals surface area contributed by atoms with Gasteiger partial charge in [0.1, 0.15) is 0 Å². The highest BCUT2D eigenvalue weighted by Gasteiger charge is 2.27. The van der Waals surface area contributed by atoms with Gasteiger partial charge in [0, 0.05) is 49.0 Å². The van der Waals surface area contributed by atoms with E-state index in [9.17, 15) is 0 Å². The van der Waals surface area contributed by atoms with Crippen molar-refractivity contribution >= 4 is 17.3 Å². The number of hydrogen-bond donors (Lipinski definition) is 0. The van der Waals surface area contributed by atoms with E-state index in [0.29, 0.717) is 0 Å². The van der Waals surface area contributed by atoms with Gasteiger partial charge in [-0.2, -0.15) is 0 Å². The van der Waals surface area contributed by atoms with Gasteiger partial charge in [0.15, 0.2) is 0 Å². The lowest BCUT2D eigenvalue weighted by atomic mass is 9.96. The molecule has 5 heteroatoms. The van der Waals surface area contributed by atoms with Gasteiger partial charge < -0.3 is 4.90 Å². The van der Waals surface area contributed by atoms with E-state index >= 15 is 0 Å². The monoisotopic (exact) mass is 412 g/mol. The molecule has 30 heavy (non-hydrogen) atoms. The van der Waals surface area contributed by atoms with Crippen molar-refractivity contribution in [2.75, 3.05) is 31.1 Å². The fraction of sp³-hybridized carbons (Fsp3) is 0.200. The Hall–Kier alpha value is -3.02. The molecule has 0 atom stereocenters. The van der Waals surface area contributed by atoms with Crippen LogP contribution in [0.25, 0.3) is 10.4 Å². The molecule has 0 radical (unpaired) electrons. The second kappa shape index (κ2) is 8.78. The van der Waals surface area contributed by atoms with E-state index in [-0.39, 0.29) is 6.04 Å². The molecule has 1 fully saturated rings. The molecule has 1 saturated heterocycles. The molecular formula is C25H24N4S. The zero-order valence-electron chi connectivity index (χ0n) is 16.8. The third kappa shape index (κ3) is 3.99. The van der Waals surface area contributed by atoms with E-state index in [2.05, 4.69) is 97.9 Å². The molecule has 1 aliphatic rings. The van der Waals surface area contributed by atoms with E-state index < -0.39 is 0 Å². The summed E-state index contributed by atoms with van der Waals surface area (Å²) in [4.78, 5) is 15.4. The standard InChI is InChI=1S/C25H24N4S/c1-3-8-20(9-4-1)24(21-10-5-2-6-11-21)28-13-15-29(16-14-28)25-26-18-22(19-27-25)23-12-7-17-30-23/h1-12,17-19,24H,13-16H2. The van der Waals surface area contributed by atoms with Gasteiger partial charge in [-0.05, 0) is 22.6 Å². The van der Waals surface area contributed by atoms with Gasteiger partial charge in [0.05, 0.1) is 6.04 Å². The smallest absolute Gasteiger partial charge is 0.225 e. The quantitative estimate of drug-likeness (QED) is 0.456. The number of rotatable bonds is 5. The molecule has 2 aromatic carbocycles. The molecule has 5 rings (SSSR count). The van der Waals surface area contributed by atoms with Gasteiger partial charge in [-0.15, -0.1) is 11.3 Å². The lowest BCUT2D eigenvalue weighted by molar-refractivity contribution is 0.211. The van der Waals surface area contributed by atoms with Crippen LogP contribution in [0.3, 0.4) is 0 Å². The van der Waals surface area contributed by atoms with Crippen molar-refractivity contribution in [3.63, 3.8) is 0 Å². The Balaban J connectivity index is 1.31. The Bertz CT molecular complexity index is 1000. The average molecular weight is 413 g/mol. The summed E-state index contributed by atoms with van der Waals surface area (Å²) in [5.74, 6) is 0.825. The Morgan fingerprint density at radius 1 is 0.700 bits per heavy atom. The first-order valence-electron chi connectivity index (χ1n) is 10.3. The second-order valence-electron chi connectivity index (χ2n) is 7.50. The van der Waals surface area contributed by atoms with Crippen LogP contribution < -0.4 is 4.90 Å². The Kier molecular flexibility index (Phi) is 5.55. The summed E-state index contributed by atoms with van der Waals surface area (Å²) in [7, 11) is 0. The van der Waals surface area contributed by atoms with Gasteiger partial charge in [-0.25, -0.2) is 9.97 Å². The molecule has 3 heterocycles. The average Bonchev–Trinajstić information content (AvgIpc) is 3.37. The first kappa shape index (κ1) is 19.0. The van der Waals surface area contributed by atoms with E-state index in [4.69, 9.17) is 0 Å². The van der Waals surface area contributed by atoms with Crippen molar-refractivity contribution in [3.05, 3.63) is 102 Å². The molecule has 1 aliphatic heterocycles. The molecule has 150 valence electrons. The number of aromatic nitrogens is 2. The molecule has 0 N–H and O–H groups in total. The molecule has 0 bridgehead atoms. The van der Waals surface area contributed by atoms with E-state index in [0.717, 1.165) is 37.7 Å². The highest BCUT2D eigenvalue weighted by atomic mass is 32.1. The molecular weight excluding hydrogens is 388 g/mol. The number of thiophene rings is 1. The highest BCUT2D eigenvalue weighted by molar-refractivity contribution is 7.13. The zero-order valence-corrected chi connectivity index (χ0v) is 17.6. The highest BCUT2D eigenvalue weighted by Crippen LogP contribution is 2.30. The maximum Gasteiger partial charge on any atom is 0.225 e. The van der Waals surface area contributed by atoms with Crippen molar-refractivity contribution in [3.8, 4) is 10.4 Å². The Labute approximate surface area is 181 Å². The zero-order chi connectivity index (χ0) is 20.2. The number of piperazine rings is 1. The normalized spacial score (nSPS) is 14.9. The minimum Gasteiger partial charge on any atom is -0.338 e. The van der Waals surface area contributed by atoms with Crippen LogP contribution in [0.5, 0.6) is 0 Å². The van der Waals surface area contributed by atoms with Gasteiger partial charge in [0.25, 0.3) is 0 Å². The Morgan fingerprint density at radius 3 is 1.83 bits per heavy atom. The first-order chi connectivity index (χ1) is 14.9. The number of anilines is 1. The summed E-state index contributed by atoms with van der Waals surface area (Å²) >= 11 is 1.72. The molecule has 0 spiro atoms. The fourth-order valence-corrected chi connectivity index (χ4v) is 4.82.